The summed E-state index contributed by atoms with van der Waals surface area (Å²) in [5.74, 6) is -0.00310. The summed E-state index contributed by atoms with van der Waals surface area (Å²) in [6.45, 7) is 4.05. The zero-order chi connectivity index (χ0) is 11.5. The second-order valence-electron chi connectivity index (χ2n) is 3.88. The molecule has 2 nitrogen and oxygen atoms in total. The van der Waals surface area contributed by atoms with Crippen LogP contribution in [0.1, 0.15) is 29.9 Å². The highest BCUT2D eigenvalue weighted by Gasteiger charge is 2.20. The number of hydrogen-bond donors (Lipinski definition) is 1. The number of alkyl halides is 1. The number of rotatable bonds is 4. The predicted octanol–water partition coefficient (Wildman–Crippen LogP) is 3.80. The molecule has 1 rings (SSSR count). The van der Waals surface area contributed by atoms with Gasteiger partial charge >= 0.3 is 0 Å². The maximum absolute atomic E-state index is 11.8. The Morgan fingerprint density at radius 3 is 2.67 bits per heavy atom. The molecule has 0 spiro atoms. The Morgan fingerprint density at radius 2 is 2.20 bits per heavy atom. The van der Waals surface area contributed by atoms with Gasteiger partial charge in [-0.25, -0.2) is 0 Å². The van der Waals surface area contributed by atoms with Gasteiger partial charge in [0, 0.05) is 10.9 Å². The normalized spacial score (nSPS) is 11.5. The van der Waals surface area contributed by atoms with E-state index in [0.717, 1.165) is 20.4 Å². The third-order valence-corrected chi connectivity index (χ3v) is 3.99. The lowest BCUT2D eigenvalue weighted by molar-refractivity contribution is 0.0916. The molecular weight excluding hydrogens is 342 g/mol. The lowest BCUT2D eigenvalue weighted by Gasteiger charge is -2.24. The number of thiophene rings is 1. The van der Waals surface area contributed by atoms with Gasteiger partial charge in [-0.3, -0.25) is 4.79 Å². The average molecular weight is 355 g/mol. The van der Waals surface area contributed by atoms with E-state index >= 15 is 0 Å². The fourth-order valence-electron chi connectivity index (χ4n) is 1.10. The molecule has 0 unspecified atom stereocenters. The third kappa shape index (κ3) is 4.25. The van der Waals surface area contributed by atoms with Gasteiger partial charge < -0.3 is 5.32 Å². The average Bonchev–Trinajstić information content (AvgIpc) is 2.50. The number of amides is 1. The van der Waals surface area contributed by atoms with Crippen molar-refractivity contribution in [1.82, 2.24) is 5.32 Å². The fraction of sp³-hybridized carbons (Fsp3) is 0.500. The van der Waals surface area contributed by atoms with Crippen LogP contribution in [0.4, 0.5) is 0 Å². The Morgan fingerprint density at radius 1 is 1.53 bits per heavy atom. The summed E-state index contributed by atoms with van der Waals surface area (Å²) in [6.07, 6.45) is 0.908. The zero-order valence-electron chi connectivity index (χ0n) is 8.64. The van der Waals surface area contributed by atoms with E-state index in [9.17, 15) is 4.79 Å². The minimum atomic E-state index is -0.170. The molecule has 1 N–H and O–H groups in total. The van der Waals surface area contributed by atoms with Crippen LogP contribution in [0.25, 0.3) is 0 Å². The SMILES string of the molecule is CC(C)(CCBr)NC(=O)c1ccc(Br)s1. The van der Waals surface area contributed by atoms with Gasteiger partial charge in [-0.05, 0) is 48.3 Å². The molecule has 0 aliphatic carbocycles. The van der Waals surface area contributed by atoms with Crippen LogP contribution >= 0.6 is 43.2 Å². The van der Waals surface area contributed by atoms with Crippen LogP contribution in [0.15, 0.2) is 15.9 Å². The first-order valence-corrected chi connectivity index (χ1v) is 7.31. The Bertz CT molecular complexity index is 349. The van der Waals surface area contributed by atoms with Crippen molar-refractivity contribution >= 4 is 49.1 Å². The van der Waals surface area contributed by atoms with Crippen LogP contribution in [-0.4, -0.2) is 16.8 Å². The highest BCUT2D eigenvalue weighted by molar-refractivity contribution is 9.11. The predicted molar refractivity (Wildman–Crippen MR) is 72.0 cm³/mol. The molecular formula is C10H13Br2NOS. The molecule has 0 aromatic carbocycles. The Labute approximate surface area is 111 Å². The summed E-state index contributed by atoms with van der Waals surface area (Å²) in [7, 11) is 0. The van der Waals surface area contributed by atoms with Crippen LogP contribution < -0.4 is 5.32 Å². The van der Waals surface area contributed by atoms with Crippen molar-refractivity contribution in [2.24, 2.45) is 0 Å². The maximum atomic E-state index is 11.8. The minimum Gasteiger partial charge on any atom is -0.346 e. The number of carbonyl (C=O) groups is 1. The molecule has 84 valence electrons. The zero-order valence-corrected chi connectivity index (χ0v) is 12.6. The van der Waals surface area contributed by atoms with Gasteiger partial charge in [0.2, 0.25) is 0 Å². The largest absolute Gasteiger partial charge is 0.346 e. The first-order valence-electron chi connectivity index (χ1n) is 4.58. The second kappa shape index (κ2) is 5.46. The monoisotopic (exact) mass is 353 g/mol. The van der Waals surface area contributed by atoms with Crippen LogP contribution in [0.2, 0.25) is 0 Å². The molecule has 0 radical (unpaired) electrons. The van der Waals surface area contributed by atoms with Gasteiger partial charge in [0.1, 0.15) is 0 Å². The van der Waals surface area contributed by atoms with E-state index < -0.39 is 0 Å². The summed E-state index contributed by atoms with van der Waals surface area (Å²) < 4.78 is 0.978. The first-order chi connectivity index (χ1) is 6.94. The first kappa shape index (κ1) is 13.2. The number of halogens is 2. The Kier molecular flexibility index (Phi) is 4.80. The van der Waals surface area contributed by atoms with E-state index in [4.69, 9.17) is 0 Å². The van der Waals surface area contributed by atoms with Gasteiger partial charge in [-0.2, -0.15) is 0 Å². The van der Waals surface area contributed by atoms with E-state index in [1.54, 1.807) is 0 Å². The molecule has 0 saturated carbocycles. The summed E-state index contributed by atoms with van der Waals surface area (Å²) in [5, 5.41) is 3.89. The van der Waals surface area contributed by atoms with Crippen molar-refractivity contribution in [3.8, 4) is 0 Å². The smallest absolute Gasteiger partial charge is 0.261 e. The quantitative estimate of drug-likeness (QED) is 0.818. The number of nitrogens with one attached hydrogen (secondary N) is 1. The molecule has 0 aliphatic heterocycles. The highest BCUT2D eigenvalue weighted by atomic mass is 79.9. The molecule has 15 heavy (non-hydrogen) atoms. The van der Waals surface area contributed by atoms with Crippen molar-refractivity contribution in [3.63, 3.8) is 0 Å². The molecule has 0 aliphatic rings. The van der Waals surface area contributed by atoms with Crippen molar-refractivity contribution < 1.29 is 4.79 Å². The van der Waals surface area contributed by atoms with Crippen LogP contribution in [-0.2, 0) is 0 Å². The van der Waals surface area contributed by atoms with E-state index in [0.29, 0.717) is 0 Å². The molecule has 1 aromatic heterocycles. The summed E-state index contributed by atoms with van der Waals surface area (Å²) in [6, 6.07) is 3.71. The molecule has 1 aromatic rings. The molecule has 0 saturated heterocycles. The van der Waals surface area contributed by atoms with Crippen molar-refractivity contribution in [2.75, 3.05) is 5.33 Å². The van der Waals surface area contributed by atoms with E-state index in [1.807, 2.05) is 26.0 Å². The topological polar surface area (TPSA) is 29.1 Å². The highest BCUT2D eigenvalue weighted by Crippen LogP contribution is 2.22. The van der Waals surface area contributed by atoms with Gasteiger partial charge in [0.05, 0.1) is 8.66 Å². The molecule has 0 atom stereocenters. The summed E-state index contributed by atoms with van der Waals surface area (Å²) in [5.41, 5.74) is -0.170. The molecule has 1 heterocycles. The lowest BCUT2D eigenvalue weighted by atomic mass is 10.0. The van der Waals surface area contributed by atoms with Gasteiger partial charge in [0.25, 0.3) is 5.91 Å². The fourth-order valence-corrected chi connectivity index (χ4v) is 3.38. The molecule has 5 heteroatoms. The molecule has 1 amide bonds. The second-order valence-corrected chi connectivity index (χ2v) is 7.14. The maximum Gasteiger partial charge on any atom is 0.261 e. The van der Waals surface area contributed by atoms with Crippen molar-refractivity contribution in [1.29, 1.82) is 0 Å². The third-order valence-electron chi connectivity index (χ3n) is 1.97. The van der Waals surface area contributed by atoms with Crippen LogP contribution in [0.3, 0.4) is 0 Å². The molecule has 0 bridgehead atoms. The summed E-state index contributed by atoms with van der Waals surface area (Å²) in [4.78, 5) is 12.6. The number of carbonyl (C=O) groups excluding carboxylic acids is 1. The lowest BCUT2D eigenvalue weighted by Crippen LogP contribution is -2.43. The van der Waals surface area contributed by atoms with Crippen LogP contribution in [0.5, 0.6) is 0 Å². The van der Waals surface area contributed by atoms with E-state index in [2.05, 4.69) is 37.2 Å². The van der Waals surface area contributed by atoms with Crippen molar-refractivity contribution in [2.45, 2.75) is 25.8 Å². The minimum absolute atomic E-state index is 0.00310. The number of hydrogen-bond acceptors (Lipinski definition) is 2. The van der Waals surface area contributed by atoms with Gasteiger partial charge in [0.15, 0.2) is 0 Å². The van der Waals surface area contributed by atoms with Crippen LogP contribution in [0, 0.1) is 0 Å². The Hall–Kier alpha value is 0.130. The van der Waals surface area contributed by atoms with Gasteiger partial charge in [-0.15, -0.1) is 11.3 Å². The Balaban J connectivity index is 2.63. The molecule has 0 fully saturated rings. The summed E-state index contributed by atoms with van der Waals surface area (Å²) >= 11 is 8.17. The van der Waals surface area contributed by atoms with E-state index in [-0.39, 0.29) is 11.4 Å². The van der Waals surface area contributed by atoms with Crippen molar-refractivity contribution in [3.05, 3.63) is 20.8 Å². The van der Waals surface area contributed by atoms with Gasteiger partial charge in [-0.1, -0.05) is 15.9 Å². The van der Waals surface area contributed by atoms with E-state index in [1.165, 1.54) is 11.3 Å². The standard InChI is InChI=1S/C10H13Br2NOS/c1-10(2,5-6-11)13-9(14)7-3-4-8(12)15-7/h3-4H,5-6H2,1-2H3,(H,13,14).